The fourth-order valence-electron chi connectivity index (χ4n) is 3.09. The topological polar surface area (TPSA) is 61.4 Å². The summed E-state index contributed by atoms with van der Waals surface area (Å²) < 4.78 is 7.70. The molecule has 0 bridgehead atoms. The first-order chi connectivity index (χ1) is 11.8. The molecule has 6 nitrogen and oxygen atoms in total. The normalized spacial score (nSPS) is 16.3. The first kappa shape index (κ1) is 14.9. The van der Waals surface area contributed by atoms with Crippen molar-refractivity contribution in [1.29, 1.82) is 0 Å². The summed E-state index contributed by atoms with van der Waals surface area (Å²) in [4.78, 5) is 12.8. The number of nitrogens with one attached hydrogen (secondary N) is 1. The zero-order valence-corrected chi connectivity index (χ0v) is 13.6. The molecule has 124 valence electrons. The number of amidine groups is 1. The zero-order valence-electron chi connectivity index (χ0n) is 13.6. The molecule has 0 spiro atoms. The summed E-state index contributed by atoms with van der Waals surface area (Å²) in [5, 5.41) is 6.66. The van der Waals surface area contributed by atoms with Crippen LogP contribution < -0.4 is 5.32 Å². The average molecular weight is 325 g/mol. The van der Waals surface area contributed by atoms with E-state index in [0.717, 1.165) is 37.4 Å². The smallest absolute Gasteiger partial charge is 0.279 e. The van der Waals surface area contributed by atoms with E-state index in [0.29, 0.717) is 18.7 Å². The Morgan fingerprint density at radius 1 is 1.25 bits per heavy atom. The number of likely N-dealkylation sites (tertiary alicyclic amines) is 1. The number of rotatable bonds is 5. The maximum Gasteiger partial charge on any atom is 0.279 e. The van der Waals surface area contributed by atoms with Crippen LogP contribution >= 0.6 is 0 Å². The van der Waals surface area contributed by atoms with Crippen LogP contribution in [0, 0.1) is 0 Å². The minimum absolute atomic E-state index is 0.358. The molecule has 1 N–H and O–H groups in total. The lowest BCUT2D eigenvalue weighted by Crippen LogP contribution is -2.49. The van der Waals surface area contributed by atoms with Gasteiger partial charge in [0.25, 0.3) is 5.84 Å². The van der Waals surface area contributed by atoms with Gasteiger partial charge in [-0.3, -0.25) is 14.3 Å². The van der Waals surface area contributed by atoms with Crippen molar-refractivity contribution in [3.8, 4) is 11.3 Å². The molecule has 6 heteroatoms. The van der Waals surface area contributed by atoms with E-state index >= 15 is 0 Å². The number of carbonyl (C=O) groups excluding carboxylic acids is 1. The Labute approximate surface area is 140 Å². The van der Waals surface area contributed by atoms with Gasteiger partial charge in [-0.25, -0.2) is 0 Å². The van der Waals surface area contributed by atoms with E-state index in [1.54, 1.807) is 0 Å². The van der Waals surface area contributed by atoms with Crippen molar-refractivity contribution in [3.05, 3.63) is 41.7 Å². The third-order valence-corrected chi connectivity index (χ3v) is 4.67. The second-order valence-electron chi connectivity index (χ2n) is 6.26. The Bertz CT molecular complexity index is 754. The molecule has 4 rings (SSSR count). The standard InChI is InChI=1S/C18H20N4O2/c23-13-19-12-16-11-17(20-24-16)14-3-5-15(6-4-14)18(21-7-1-8-21)22-9-2-10-22/h3-6,11,13H,1-2,7-10,12H2/p+1. The Kier molecular flexibility index (Phi) is 4.02. The summed E-state index contributed by atoms with van der Waals surface area (Å²) in [6.45, 7) is 4.98. The Balaban J connectivity index is 1.55. The van der Waals surface area contributed by atoms with Crippen molar-refractivity contribution in [2.24, 2.45) is 0 Å². The molecule has 0 unspecified atom stereocenters. The summed E-state index contributed by atoms with van der Waals surface area (Å²) in [6, 6.07) is 10.4. The monoisotopic (exact) mass is 325 g/mol. The Hall–Kier alpha value is -2.63. The van der Waals surface area contributed by atoms with Gasteiger partial charge in [0.2, 0.25) is 6.41 Å². The van der Waals surface area contributed by atoms with E-state index in [2.05, 4.69) is 44.2 Å². The fourth-order valence-corrected chi connectivity index (χ4v) is 3.09. The largest absolute Gasteiger partial charge is 0.359 e. The fraction of sp³-hybridized carbons (Fsp3) is 0.389. The Morgan fingerprint density at radius 2 is 2.04 bits per heavy atom. The second-order valence-corrected chi connectivity index (χ2v) is 6.26. The van der Waals surface area contributed by atoms with Crippen molar-refractivity contribution in [1.82, 2.24) is 15.4 Å². The van der Waals surface area contributed by atoms with Gasteiger partial charge in [0.1, 0.15) is 5.69 Å². The molecule has 1 amide bonds. The number of benzene rings is 1. The van der Waals surface area contributed by atoms with Crippen LogP contribution in [-0.2, 0) is 11.3 Å². The molecule has 3 heterocycles. The highest BCUT2D eigenvalue weighted by Gasteiger charge is 2.32. The van der Waals surface area contributed by atoms with Crippen molar-refractivity contribution in [2.75, 3.05) is 26.2 Å². The van der Waals surface area contributed by atoms with Crippen LogP contribution in [0.4, 0.5) is 0 Å². The lowest BCUT2D eigenvalue weighted by atomic mass is 10.0. The number of hydrogen-bond acceptors (Lipinski definition) is 3. The highest BCUT2D eigenvalue weighted by molar-refractivity contribution is 5.96. The molecule has 2 saturated heterocycles. The van der Waals surface area contributed by atoms with Crippen molar-refractivity contribution >= 4 is 12.2 Å². The lowest BCUT2D eigenvalue weighted by molar-refractivity contribution is -0.587. The van der Waals surface area contributed by atoms with Crippen molar-refractivity contribution in [3.63, 3.8) is 0 Å². The molecule has 2 aliphatic heterocycles. The first-order valence-corrected chi connectivity index (χ1v) is 8.45. The summed E-state index contributed by atoms with van der Waals surface area (Å²) in [6.07, 6.45) is 3.22. The van der Waals surface area contributed by atoms with Gasteiger partial charge in [0.15, 0.2) is 5.76 Å². The van der Waals surface area contributed by atoms with Crippen LogP contribution in [0.3, 0.4) is 0 Å². The predicted octanol–water partition coefficient (Wildman–Crippen LogP) is 1.46. The van der Waals surface area contributed by atoms with Gasteiger partial charge in [-0.1, -0.05) is 17.3 Å². The highest BCUT2D eigenvalue weighted by atomic mass is 16.5. The maximum absolute atomic E-state index is 10.3. The molecule has 0 radical (unpaired) electrons. The molecule has 0 saturated carbocycles. The zero-order chi connectivity index (χ0) is 16.4. The van der Waals surface area contributed by atoms with Crippen LogP contribution in [0.1, 0.15) is 24.2 Å². The van der Waals surface area contributed by atoms with Crippen molar-refractivity contribution < 1.29 is 13.9 Å². The molecule has 2 aromatic rings. The van der Waals surface area contributed by atoms with Crippen LogP contribution in [0.15, 0.2) is 34.9 Å². The van der Waals surface area contributed by atoms with Crippen LogP contribution in [0.25, 0.3) is 11.3 Å². The van der Waals surface area contributed by atoms with Gasteiger partial charge in [-0.15, -0.1) is 0 Å². The lowest BCUT2D eigenvalue weighted by Gasteiger charge is -2.31. The van der Waals surface area contributed by atoms with Gasteiger partial charge in [-0.2, -0.15) is 0 Å². The number of aromatic nitrogens is 1. The molecule has 0 aliphatic carbocycles. The molecular formula is C18H21N4O2+. The van der Waals surface area contributed by atoms with E-state index in [1.807, 2.05) is 6.07 Å². The third kappa shape index (κ3) is 2.79. The van der Waals surface area contributed by atoms with E-state index in [4.69, 9.17) is 4.52 Å². The molecule has 1 aromatic heterocycles. The van der Waals surface area contributed by atoms with Crippen LogP contribution in [0.2, 0.25) is 0 Å². The highest BCUT2D eigenvalue weighted by Crippen LogP contribution is 2.22. The summed E-state index contributed by atoms with van der Waals surface area (Å²) in [7, 11) is 0. The predicted molar refractivity (Wildman–Crippen MR) is 89.8 cm³/mol. The molecule has 0 atom stereocenters. The Morgan fingerprint density at radius 3 is 2.62 bits per heavy atom. The average Bonchev–Trinajstić information content (AvgIpc) is 2.98. The van der Waals surface area contributed by atoms with E-state index in [9.17, 15) is 4.79 Å². The molecule has 2 aliphatic rings. The number of amides is 1. The quantitative estimate of drug-likeness (QED) is 0.514. The number of carbonyl (C=O) groups is 1. The van der Waals surface area contributed by atoms with Gasteiger partial charge in [0.05, 0.1) is 38.3 Å². The van der Waals surface area contributed by atoms with Crippen LogP contribution in [-0.4, -0.2) is 53.1 Å². The number of hydrogen-bond donors (Lipinski definition) is 1. The minimum atomic E-state index is 0.358. The van der Waals surface area contributed by atoms with Gasteiger partial charge in [0, 0.05) is 24.5 Å². The van der Waals surface area contributed by atoms with Crippen molar-refractivity contribution in [2.45, 2.75) is 19.4 Å². The maximum atomic E-state index is 10.3. The minimum Gasteiger partial charge on any atom is -0.359 e. The summed E-state index contributed by atoms with van der Waals surface area (Å²) >= 11 is 0. The van der Waals surface area contributed by atoms with E-state index in [-0.39, 0.29) is 0 Å². The summed E-state index contributed by atoms with van der Waals surface area (Å²) in [5.41, 5.74) is 3.08. The van der Waals surface area contributed by atoms with E-state index < -0.39 is 0 Å². The number of nitrogens with zero attached hydrogens (tertiary/aromatic N) is 3. The van der Waals surface area contributed by atoms with Gasteiger partial charge < -0.3 is 9.84 Å². The summed E-state index contributed by atoms with van der Waals surface area (Å²) in [5.74, 6) is 2.02. The second kappa shape index (κ2) is 6.47. The van der Waals surface area contributed by atoms with Crippen LogP contribution in [0.5, 0.6) is 0 Å². The molecule has 24 heavy (non-hydrogen) atoms. The van der Waals surface area contributed by atoms with Gasteiger partial charge in [-0.05, 0) is 12.1 Å². The SMILES string of the molecule is O=CNCc1cc(-c2ccc(C(N3CCC3)=[N+]3CCC3)cc2)no1. The van der Waals surface area contributed by atoms with E-state index in [1.165, 1.54) is 24.2 Å². The van der Waals surface area contributed by atoms with Gasteiger partial charge >= 0.3 is 0 Å². The molecule has 1 aromatic carbocycles. The molecular weight excluding hydrogens is 304 g/mol. The first-order valence-electron chi connectivity index (χ1n) is 8.45. The third-order valence-electron chi connectivity index (χ3n) is 4.67. The molecule has 2 fully saturated rings.